The second-order valence-corrected chi connectivity index (χ2v) is 4.84. The molecule has 0 radical (unpaired) electrons. The van der Waals surface area contributed by atoms with E-state index in [0.717, 1.165) is 28.8 Å². The van der Waals surface area contributed by atoms with Crippen molar-refractivity contribution in [3.8, 4) is 0 Å². The van der Waals surface area contributed by atoms with E-state index in [1.54, 1.807) is 12.5 Å². The largest absolute Gasteiger partial charge is 0.271 e. The minimum atomic E-state index is -0.0573. The minimum Gasteiger partial charge on any atom is -0.271 e. The average molecular weight is 282 g/mol. The molecule has 21 heavy (non-hydrogen) atoms. The molecular formula is C15H18N6. The molecule has 0 saturated carbocycles. The predicted octanol–water partition coefficient (Wildman–Crippen LogP) is 1.59. The van der Waals surface area contributed by atoms with Gasteiger partial charge in [0.25, 0.3) is 0 Å². The Morgan fingerprint density at radius 2 is 2.10 bits per heavy atom. The van der Waals surface area contributed by atoms with E-state index in [1.165, 1.54) is 0 Å². The lowest BCUT2D eigenvalue weighted by molar-refractivity contribution is 0.512. The number of nitrogens with one attached hydrogen (secondary N) is 1. The van der Waals surface area contributed by atoms with Crippen molar-refractivity contribution < 1.29 is 0 Å². The number of hydrogen-bond acceptors (Lipinski definition) is 5. The second-order valence-electron chi connectivity index (χ2n) is 4.84. The molecule has 1 aromatic carbocycles. The van der Waals surface area contributed by atoms with Gasteiger partial charge >= 0.3 is 0 Å². The highest BCUT2D eigenvalue weighted by atomic mass is 15.3. The molecule has 0 bridgehead atoms. The number of benzene rings is 1. The number of hydrogen-bond donors (Lipinski definition) is 2. The van der Waals surface area contributed by atoms with Crippen LogP contribution in [0.15, 0.2) is 42.9 Å². The van der Waals surface area contributed by atoms with Crippen LogP contribution in [0.1, 0.15) is 24.4 Å². The fraction of sp³-hybridized carbons (Fsp3) is 0.267. The third kappa shape index (κ3) is 2.63. The van der Waals surface area contributed by atoms with Crippen LogP contribution in [0.2, 0.25) is 0 Å². The van der Waals surface area contributed by atoms with Crippen molar-refractivity contribution in [3.05, 3.63) is 54.2 Å². The van der Waals surface area contributed by atoms with Crippen molar-refractivity contribution in [2.75, 3.05) is 0 Å². The van der Waals surface area contributed by atoms with Crippen LogP contribution in [-0.4, -0.2) is 19.7 Å². The standard InChI is InChI=1S/C15H18N6/c1-2-21-14(18-10-19-21)9-13(20-16)12-7-3-5-11-6-4-8-17-15(11)12/h3-8,10,13,20H,2,9,16H2,1H3. The van der Waals surface area contributed by atoms with Crippen LogP contribution in [0.4, 0.5) is 0 Å². The van der Waals surface area contributed by atoms with E-state index in [4.69, 9.17) is 5.84 Å². The fourth-order valence-corrected chi connectivity index (χ4v) is 2.56. The summed E-state index contributed by atoms with van der Waals surface area (Å²) in [7, 11) is 0. The van der Waals surface area contributed by atoms with Gasteiger partial charge in [0.1, 0.15) is 12.2 Å². The molecule has 108 valence electrons. The van der Waals surface area contributed by atoms with Gasteiger partial charge in [-0.05, 0) is 18.6 Å². The third-order valence-electron chi connectivity index (χ3n) is 3.62. The Labute approximate surface area is 123 Å². The Morgan fingerprint density at radius 3 is 2.90 bits per heavy atom. The van der Waals surface area contributed by atoms with Gasteiger partial charge in [-0.3, -0.25) is 20.9 Å². The number of nitrogens with zero attached hydrogens (tertiary/aromatic N) is 4. The maximum atomic E-state index is 5.77. The van der Waals surface area contributed by atoms with E-state index in [-0.39, 0.29) is 6.04 Å². The summed E-state index contributed by atoms with van der Waals surface area (Å²) in [5.41, 5.74) is 4.91. The molecule has 6 heteroatoms. The van der Waals surface area contributed by atoms with Crippen LogP contribution >= 0.6 is 0 Å². The fourth-order valence-electron chi connectivity index (χ4n) is 2.56. The lowest BCUT2D eigenvalue weighted by atomic mass is 10.0. The zero-order chi connectivity index (χ0) is 14.7. The topological polar surface area (TPSA) is 81.7 Å². The molecule has 3 rings (SSSR count). The van der Waals surface area contributed by atoms with E-state index >= 15 is 0 Å². The lowest BCUT2D eigenvalue weighted by Crippen LogP contribution is -2.30. The number of pyridine rings is 1. The molecule has 2 heterocycles. The molecule has 0 aliphatic rings. The van der Waals surface area contributed by atoms with Gasteiger partial charge < -0.3 is 0 Å². The molecule has 0 aliphatic heterocycles. The highest BCUT2D eigenvalue weighted by Gasteiger charge is 2.17. The second kappa shape index (κ2) is 5.99. The summed E-state index contributed by atoms with van der Waals surface area (Å²) in [5, 5.41) is 5.30. The zero-order valence-electron chi connectivity index (χ0n) is 11.9. The number of nitrogens with two attached hydrogens (primary N) is 1. The normalized spacial score (nSPS) is 12.7. The average Bonchev–Trinajstić information content (AvgIpc) is 2.99. The lowest BCUT2D eigenvalue weighted by Gasteiger charge is -2.17. The van der Waals surface area contributed by atoms with Gasteiger partial charge in [0.2, 0.25) is 0 Å². The molecular weight excluding hydrogens is 264 g/mol. The number of hydrazine groups is 1. The third-order valence-corrected chi connectivity index (χ3v) is 3.62. The summed E-state index contributed by atoms with van der Waals surface area (Å²) in [6, 6.07) is 10.0. The number of para-hydroxylation sites is 1. The van der Waals surface area contributed by atoms with E-state index in [9.17, 15) is 0 Å². The van der Waals surface area contributed by atoms with Crippen LogP contribution < -0.4 is 11.3 Å². The first-order valence-corrected chi connectivity index (χ1v) is 7.00. The van der Waals surface area contributed by atoms with Crippen LogP contribution in [0.5, 0.6) is 0 Å². The molecule has 0 aliphatic carbocycles. The van der Waals surface area contributed by atoms with E-state index in [0.29, 0.717) is 6.42 Å². The molecule has 1 unspecified atom stereocenters. The molecule has 0 amide bonds. The molecule has 2 aromatic heterocycles. The first kappa shape index (κ1) is 13.7. The maximum Gasteiger partial charge on any atom is 0.138 e. The molecule has 0 fully saturated rings. The van der Waals surface area contributed by atoms with Gasteiger partial charge in [-0.1, -0.05) is 24.3 Å². The van der Waals surface area contributed by atoms with Gasteiger partial charge in [-0.15, -0.1) is 0 Å². The maximum absolute atomic E-state index is 5.77. The van der Waals surface area contributed by atoms with Crippen molar-refractivity contribution in [2.24, 2.45) is 5.84 Å². The Hall–Kier alpha value is -2.31. The van der Waals surface area contributed by atoms with Crippen molar-refractivity contribution in [1.82, 2.24) is 25.2 Å². The Morgan fingerprint density at radius 1 is 1.24 bits per heavy atom. The summed E-state index contributed by atoms with van der Waals surface area (Å²) in [5.74, 6) is 6.68. The van der Waals surface area contributed by atoms with E-state index < -0.39 is 0 Å². The van der Waals surface area contributed by atoms with Gasteiger partial charge in [-0.25, -0.2) is 4.98 Å². The SMILES string of the molecule is CCn1ncnc1CC(NN)c1cccc2cccnc12. The number of fused-ring (bicyclic) bond motifs is 1. The van der Waals surface area contributed by atoms with Crippen molar-refractivity contribution in [3.63, 3.8) is 0 Å². The van der Waals surface area contributed by atoms with Crippen molar-refractivity contribution >= 4 is 10.9 Å². The minimum absolute atomic E-state index is 0.0573. The van der Waals surface area contributed by atoms with Crippen molar-refractivity contribution in [2.45, 2.75) is 25.9 Å². The van der Waals surface area contributed by atoms with Crippen molar-refractivity contribution in [1.29, 1.82) is 0 Å². The zero-order valence-corrected chi connectivity index (χ0v) is 11.9. The summed E-state index contributed by atoms with van der Waals surface area (Å²) in [6.45, 7) is 2.84. The molecule has 6 nitrogen and oxygen atoms in total. The summed E-state index contributed by atoms with van der Waals surface area (Å²) in [6.07, 6.45) is 4.04. The van der Waals surface area contributed by atoms with Gasteiger partial charge in [-0.2, -0.15) is 5.10 Å². The Kier molecular flexibility index (Phi) is 3.89. The Balaban J connectivity index is 1.99. The number of aryl methyl sites for hydroxylation is 1. The molecule has 0 saturated heterocycles. The van der Waals surface area contributed by atoms with E-state index in [1.807, 2.05) is 41.9 Å². The molecule has 3 N–H and O–H groups in total. The van der Waals surface area contributed by atoms with E-state index in [2.05, 4.69) is 20.5 Å². The van der Waals surface area contributed by atoms with Gasteiger partial charge in [0, 0.05) is 24.5 Å². The number of rotatable bonds is 5. The van der Waals surface area contributed by atoms with Gasteiger partial charge in [0.15, 0.2) is 0 Å². The Bertz CT molecular complexity index is 730. The monoisotopic (exact) mass is 282 g/mol. The highest BCUT2D eigenvalue weighted by Crippen LogP contribution is 2.24. The number of aromatic nitrogens is 4. The predicted molar refractivity (Wildman–Crippen MR) is 81.2 cm³/mol. The first-order chi connectivity index (χ1) is 10.3. The van der Waals surface area contributed by atoms with Crippen LogP contribution in [0.25, 0.3) is 10.9 Å². The van der Waals surface area contributed by atoms with Crippen LogP contribution in [0, 0.1) is 0 Å². The van der Waals surface area contributed by atoms with Crippen LogP contribution in [-0.2, 0) is 13.0 Å². The molecule has 0 spiro atoms. The highest BCUT2D eigenvalue weighted by molar-refractivity contribution is 5.82. The van der Waals surface area contributed by atoms with Crippen LogP contribution in [0.3, 0.4) is 0 Å². The summed E-state index contributed by atoms with van der Waals surface area (Å²) in [4.78, 5) is 8.80. The summed E-state index contributed by atoms with van der Waals surface area (Å²) < 4.78 is 1.88. The van der Waals surface area contributed by atoms with Gasteiger partial charge in [0.05, 0.1) is 11.6 Å². The first-order valence-electron chi connectivity index (χ1n) is 7.00. The summed E-state index contributed by atoms with van der Waals surface area (Å²) >= 11 is 0. The molecule has 3 aromatic rings. The quantitative estimate of drug-likeness (QED) is 0.548. The molecule has 1 atom stereocenters. The smallest absolute Gasteiger partial charge is 0.138 e.